The number of alkyl halides is 3. The van der Waals surface area contributed by atoms with Crippen molar-refractivity contribution in [3.05, 3.63) is 66.1 Å². The van der Waals surface area contributed by atoms with E-state index in [2.05, 4.69) is 15.3 Å². The van der Waals surface area contributed by atoms with Crippen molar-refractivity contribution in [1.29, 1.82) is 0 Å². The zero-order valence-electron chi connectivity index (χ0n) is 16.6. The molecule has 0 aliphatic heterocycles. The number of rotatable bonds is 6. The number of nitrogens with one attached hydrogen (secondary N) is 3. The summed E-state index contributed by atoms with van der Waals surface area (Å²) in [5.74, 6) is 2.61. The Balaban J connectivity index is 1.59. The molecule has 11 heteroatoms. The Morgan fingerprint density at radius 2 is 1.84 bits per heavy atom. The Labute approximate surface area is 179 Å². The second kappa shape index (κ2) is 8.35. The molecule has 2 amide bonds. The number of carbonyl (C=O) groups is 2. The van der Waals surface area contributed by atoms with E-state index in [4.69, 9.17) is 5.84 Å². The third-order valence-corrected chi connectivity index (χ3v) is 5.10. The van der Waals surface area contributed by atoms with Crippen LogP contribution >= 0.6 is 0 Å². The minimum Gasteiger partial charge on any atom is -0.361 e. The molecule has 2 aromatic carbocycles. The van der Waals surface area contributed by atoms with Gasteiger partial charge in [0, 0.05) is 23.5 Å². The van der Waals surface area contributed by atoms with Gasteiger partial charge in [0.05, 0.1) is 11.0 Å². The summed E-state index contributed by atoms with van der Waals surface area (Å²) in [5, 5.41) is 3.35. The van der Waals surface area contributed by atoms with Crippen LogP contribution in [0.5, 0.6) is 0 Å². The lowest BCUT2D eigenvalue weighted by atomic mass is 10.0. The Morgan fingerprint density at radius 1 is 1.12 bits per heavy atom. The number of benzene rings is 2. The van der Waals surface area contributed by atoms with Crippen LogP contribution in [-0.2, 0) is 28.7 Å². The summed E-state index contributed by atoms with van der Waals surface area (Å²) in [5.41, 5.74) is 3.86. The fraction of sp³-hybridized carbons (Fsp3) is 0.190. The Bertz CT molecular complexity index is 1290. The first-order chi connectivity index (χ1) is 15.3. The molecule has 0 radical (unpaired) electrons. The number of aromatic nitrogens is 3. The molecule has 0 aliphatic carbocycles. The van der Waals surface area contributed by atoms with Gasteiger partial charge in [-0.2, -0.15) is 13.2 Å². The van der Waals surface area contributed by atoms with Crippen molar-refractivity contribution in [3.63, 3.8) is 0 Å². The van der Waals surface area contributed by atoms with E-state index in [-0.39, 0.29) is 17.5 Å². The molecular formula is C21H19F3N6O2. The largest absolute Gasteiger partial charge is 0.449 e. The monoisotopic (exact) mass is 444 g/mol. The average Bonchev–Trinajstić information content (AvgIpc) is 3.34. The second-order valence-electron chi connectivity index (χ2n) is 7.20. The Morgan fingerprint density at radius 3 is 2.59 bits per heavy atom. The van der Waals surface area contributed by atoms with Crippen LogP contribution < -0.4 is 16.6 Å². The maximum Gasteiger partial charge on any atom is 0.449 e. The predicted octanol–water partition coefficient (Wildman–Crippen LogP) is 2.25. The molecule has 8 nitrogen and oxygen atoms in total. The molecule has 2 aromatic heterocycles. The number of nitrogens with two attached hydrogens (primary N) is 1. The first kappa shape index (κ1) is 21.4. The van der Waals surface area contributed by atoms with E-state index in [1.54, 1.807) is 18.3 Å². The van der Waals surface area contributed by atoms with Crippen molar-refractivity contribution in [2.45, 2.75) is 25.2 Å². The molecule has 0 fully saturated rings. The number of carbonyl (C=O) groups excluding carboxylic acids is 2. The Kier molecular flexibility index (Phi) is 5.57. The zero-order chi connectivity index (χ0) is 22.9. The molecule has 166 valence electrons. The van der Waals surface area contributed by atoms with E-state index in [9.17, 15) is 22.8 Å². The van der Waals surface area contributed by atoms with Crippen molar-refractivity contribution in [2.24, 2.45) is 5.84 Å². The van der Waals surface area contributed by atoms with Crippen LogP contribution in [0.3, 0.4) is 0 Å². The molecule has 0 saturated carbocycles. The van der Waals surface area contributed by atoms with Gasteiger partial charge in [0.1, 0.15) is 12.6 Å². The van der Waals surface area contributed by atoms with Crippen LogP contribution in [0.25, 0.3) is 21.9 Å². The van der Waals surface area contributed by atoms with Gasteiger partial charge in [-0.25, -0.2) is 10.8 Å². The molecule has 0 aliphatic rings. The van der Waals surface area contributed by atoms with Gasteiger partial charge in [-0.3, -0.25) is 15.0 Å². The maximum absolute atomic E-state index is 13.5. The van der Waals surface area contributed by atoms with Crippen molar-refractivity contribution in [1.82, 2.24) is 25.3 Å². The third kappa shape index (κ3) is 4.14. The summed E-state index contributed by atoms with van der Waals surface area (Å²) in [6, 6.07) is 12.3. The number of para-hydroxylation sites is 3. The summed E-state index contributed by atoms with van der Waals surface area (Å²) in [4.78, 5) is 31.7. The first-order valence-electron chi connectivity index (χ1n) is 9.65. The van der Waals surface area contributed by atoms with Gasteiger partial charge in [0.25, 0.3) is 5.91 Å². The molecule has 1 unspecified atom stereocenters. The SMILES string of the molecule is NNC(=O)C(Cc1c[nH]c2ccccc12)NC(=O)Cn1c(C(F)(F)F)nc2ccccc21. The maximum atomic E-state index is 13.5. The van der Waals surface area contributed by atoms with E-state index in [0.29, 0.717) is 0 Å². The summed E-state index contributed by atoms with van der Waals surface area (Å²) in [6.45, 7) is -0.669. The Hall–Kier alpha value is -3.86. The van der Waals surface area contributed by atoms with Crippen molar-refractivity contribution < 1.29 is 22.8 Å². The third-order valence-electron chi connectivity index (χ3n) is 5.10. The topological polar surface area (TPSA) is 118 Å². The van der Waals surface area contributed by atoms with E-state index in [0.717, 1.165) is 21.0 Å². The number of nitrogens with zero attached hydrogens (tertiary/aromatic N) is 2. The molecule has 0 spiro atoms. The van der Waals surface area contributed by atoms with Gasteiger partial charge < -0.3 is 14.9 Å². The van der Waals surface area contributed by atoms with E-state index < -0.39 is 36.4 Å². The molecule has 1 atom stereocenters. The van der Waals surface area contributed by atoms with Crippen LogP contribution in [-0.4, -0.2) is 32.4 Å². The van der Waals surface area contributed by atoms with Crippen molar-refractivity contribution in [3.8, 4) is 0 Å². The minimum absolute atomic E-state index is 0.0928. The van der Waals surface area contributed by atoms with Gasteiger partial charge in [0.2, 0.25) is 11.7 Å². The van der Waals surface area contributed by atoms with Gasteiger partial charge in [-0.1, -0.05) is 30.3 Å². The lowest BCUT2D eigenvalue weighted by Crippen LogP contribution is -2.50. The standard InChI is InChI=1S/C21H19F3N6O2/c22-21(23,24)20-28-15-7-3-4-8-17(15)30(20)11-18(31)27-16(19(32)29-25)9-12-10-26-14-6-2-1-5-13(12)14/h1-8,10,16,26H,9,11,25H2,(H,27,31)(H,29,32). The fourth-order valence-electron chi connectivity index (χ4n) is 3.67. The molecule has 32 heavy (non-hydrogen) atoms. The normalized spacial score (nSPS) is 12.8. The summed E-state index contributed by atoms with van der Waals surface area (Å²) >= 11 is 0. The second-order valence-corrected chi connectivity index (χ2v) is 7.20. The quantitative estimate of drug-likeness (QED) is 0.207. The highest BCUT2D eigenvalue weighted by molar-refractivity contribution is 5.90. The molecular weight excluding hydrogens is 425 g/mol. The fourth-order valence-corrected chi connectivity index (χ4v) is 3.67. The molecule has 0 saturated heterocycles. The first-order valence-corrected chi connectivity index (χ1v) is 9.65. The summed E-state index contributed by atoms with van der Waals surface area (Å²) < 4.78 is 41.2. The highest BCUT2D eigenvalue weighted by Crippen LogP contribution is 2.31. The van der Waals surface area contributed by atoms with E-state index in [1.165, 1.54) is 12.1 Å². The number of aromatic amines is 1. The molecule has 4 rings (SSSR count). The zero-order valence-corrected chi connectivity index (χ0v) is 16.6. The van der Waals surface area contributed by atoms with Gasteiger partial charge in [0.15, 0.2) is 0 Å². The summed E-state index contributed by atoms with van der Waals surface area (Å²) in [6.07, 6.45) is -2.95. The highest BCUT2D eigenvalue weighted by Gasteiger charge is 2.38. The lowest BCUT2D eigenvalue weighted by molar-refractivity contribution is -0.147. The van der Waals surface area contributed by atoms with Gasteiger partial charge in [-0.05, 0) is 23.8 Å². The number of hydrazine groups is 1. The smallest absolute Gasteiger partial charge is 0.361 e. The van der Waals surface area contributed by atoms with Crippen LogP contribution in [0.15, 0.2) is 54.7 Å². The number of fused-ring (bicyclic) bond motifs is 2. The highest BCUT2D eigenvalue weighted by atomic mass is 19.4. The number of halogens is 3. The number of H-pyrrole nitrogens is 1. The minimum atomic E-state index is -4.75. The van der Waals surface area contributed by atoms with Crippen LogP contribution in [0.2, 0.25) is 0 Å². The van der Waals surface area contributed by atoms with Crippen LogP contribution in [0, 0.1) is 0 Å². The van der Waals surface area contributed by atoms with Crippen molar-refractivity contribution in [2.75, 3.05) is 0 Å². The molecule has 2 heterocycles. The lowest BCUT2D eigenvalue weighted by Gasteiger charge is -2.18. The van der Waals surface area contributed by atoms with Crippen LogP contribution in [0.4, 0.5) is 13.2 Å². The number of imidazole rings is 1. The van der Waals surface area contributed by atoms with Gasteiger partial charge >= 0.3 is 6.18 Å². The molecule has 0 bridgehead atoms. The number of hydrogen-bond acceptors (Lipinski definition) is 4. The summed E-state index contributed by atoms with van der Waals surface area (Å²) in [7, 11) is 0. The average molecular weight is 444 g/mol. The number of hydrogen-bond donors (Lipinski definition) is 4. The van der Waals surface area contributed by atoms with Crippen LogP contribution in [0.1, 0.15) is 11.4 Å². The van der Waals surface area contributed by atoms with Crippen molar-refractivity contribution >= 4 is 33.8 Å². The predicted molar refractivity (Wildman–Crippen MR) is 111 cm³/mol. The molecule has 4 aromatic rings. The molecule has 5 N–H and O–H groups in total. The van der Waals surface area contributed by atoms with Gasteiger partial charge in [-0.15, -0.1) is 0 Å². The number of amides is 2. The van der Waals surface area contributed by atoms with E-state index >= 15 is 0 Å². The van der Waals surface area contributed by atoms with E-state index in [1.807, 2.05) is 29.7 Å².